The number of carbonyl (C=O) groups is 1. The Hall–Kier alpha value is -0.940. The number of aryl methyl sites for hydroxylation is 2. The Balaban J connectivity index is 1.54. The smallest absolute Gasteiger partial charge is 0.222 e. The van der Waals surface area contributed by atoms with E-state index in [9.17, 15) is 4.79 Å². The number of carbonyl (C=O) groups excluding carboxylic acids is 1. The van der Waals surface area contributed by atoms with Crippen molar-refractivity contribution in [3.8, 4) is 0 Å². The summed E-state index contributed by atoms with van der Waals surface area (Å²) in [6.07, 6.45) is 6.34. The van der Waals surface area contributed by atoms with Crippen LogP contribution in [-0.4, -0.2) is 41.6 Å². The lowest BCUT2D eigenvalue weighted by molar-refractivity contribution is -0.133. The van der Waals surface area contributed by atoms with Crippen LogP contribution in [0.2, 0.25) is 0 Å². The van der Waals surface area contributed by atoms with E-state index in [1.54, 1.807) is 11.3 Å². The van der Waals surface area contributed by atoms with Crippen molar-refractivity contribution in [2.24, 2.45) is 0 Å². The third-order valence-electron chi connectivity index (χ3n) is 4.87. The first-order valence-corrected chi connectivity index (χ1v) is 9.28. The number of amides is 1. The van der Waals surface area contributed by atoms with E-state index >= 15 is 0 Å². The zero-order chi connectivity index (χ0) is 15.5. The monoisotopic (exact) mass is 322 g/mol. The van der Waals surface area contributed by atoms with Gasteiger partial charge in [-0.2, -0.15) is 0 Å². The molecule has 2 fully saturated rings. The highest BCUT2D eigenvalue weighted by Gasteiger charge is 2.27. The van der Waals surface area contributed by atoms with Gasteiger partial charge in [0.25, 0.3) is 0 Å². The molecule has 1 aromatic rings. The molecule has 0 aliphatic carbocycles. The summed E-state index contributed by atoms with van der Waals surface area (Å²) in [6.45, 7) is 6.82. The summed E-state index contributed by atoms with van der Waals surface area (Å²) in [6, 6.07) is 0. The van der Waals surface area contributed by atoms with E-state index in [0.29, 0.717) is 24.3 Å². The number of hydrogen-bond acceptors (Lipinski definition) is 4. The number of hydrogen-bond donors (Lipinski definition) is 0. The van der Waals surface area contributed by atoms with E-state index in [1.165, 1.54) is 9.88 Å². The Morgan fingerprint density at radius 3 is 2.91 bits per heavy atom. The molecule has 0 N–H and O–H groups in total. The van der Waals surface area contributed by atoms with Gasteiger partial charge in [-0.15, -0.1) is 11.3 Å². The van der Waals surface area contributed by atoms with Crippen molar-refractivity contribution in [1.82, 2.24) is 9.88 Å². The van der Waals surface area contributed by atoms with Crippen molar-refractivity contribution in [2.75, 3.05) is 19.7 Å². The van der Waals surface area contributed by atoms with Crippen LogP contribution in [0.15, 0.2) is 0 Å². The largest absolute Gasteiger partial charge is 0.378 e. The number of piperidine rings is 1. The first-order chi connectivity index (χ1) is 10.6. The molecule has 0 aromatic carbocycles. The zero-order valence-corrected chi connectivity index (χ0v) is 14.5. The highest BCUT2D eigenvalue weighted by Crippen LogP contribution is 2.31. The van der Waals surface area contributed by atoms with Gasteiger partial charge in [0.2, 0.25) is 5.91 Å². The molecule has 122 valence electrons. The van der Waals surface area contributed by atoms with Gasteiger partial charge >= 0.3 is 0 Å². The van der Waals surface area contributed by atoms with Crippen molar-refractivity contribution in [3.63, 3.8) is 0 Å². The van der Waals surface area contributed by atoms with Crippen LogP contribution in [0.3, 0.4) is 0 Å². The third kappa shape index (κ3) is 3.69. The van der Waals surface area contributed by atoms with Gasteiger partial charge in [-0.25, -0.2) is 4.98 Å². The lowest BCUT2D eigenvalue weighted by Gasteiger charge is -2.32. The number of ether oxygens (including phenoxy) is 1. The fraction of sp³-hybridized carbons (Fsp3) is 0.765. The van der Waals surface area contributed by atoms with E-state index in [4.69, 9.17) is 9.72 Å². The number of nitrogens with zero attached hydrogens (tertiary/aromatic N) is 2. The SMILES string of the molecule is Cc1nc([C@H]2CCCN(C(=O)CC[C@@H]3CCCO3)C2)sc1C. The predicted molar refractivity (Wildman–Crippen MR) is 88.4 cm³/mol. The maximum atomic E-state index is 12.5. The highest BCUT2D eigenvalue weighted by molar-refractivity contribution is 7.11. The van der Waals surface area contributed by atoms with Gasteiger partial charge in [0, 0.05) is 36.9 Å². The molecule has 2 aliphatic heterocycles. The third-order valence-corrected chi connectivity index (χ3v) is 6.11. The Labute approximate surface area is 136 Å². The molecular weight excluding hydrogens is 296 g/mol. The maximum Gasteiger partial charge on any atom is 0.222 e. The minimum absolute atomic E-state index is 0.296. The van der Waals surface area contributed by atoms with Crippen LogP contribution in [0.1, 0.15) is 60.0 Å². The first kappa shape index (κ1) is 15.9. The summed E-state index contributed by atoms with van der Waals surface area (Å²) in [5, 5.41) is 1.21. The van der Waals surface area contributed by atoms with Crippen molar-refractivity contribution in [3.05, 3.63) is 15.6 Å². The van der Waals surface area contributed by atoms with Crippen LogP contribution in [0.25, 0.3) is 0 Å². The zero-order valence-electron chi connectivity index (χ0n) is 13.6. The number of thiazole rings is 1. The molecule has 3 heterocycles. The van der Waals surface area contributed by atoms with Gasteiger partial charge in [-0.1, -0.05) is 0 Å². The molecule has 1 amide bonds. The summed E-state index contributed by atoms with van der Waals surface area (Å²) < 4.78 is 5.62. The average molecular weight is 322 g/mol. The minimum Gasteiger partial charge on any atom is -0.378 e. The summed E-state index contributed by atoms with van der Waals surface area (Å²) in [5.74, 6) is 0.725. The first-order valence-electron chi connectivity index (χ1n) is 8.47. The van der Waals surface area contributed by atoms with Crippen molar-refractivity contribution in [1.29, 1.82) is 0 Å². The van der Waals surface area contributed by atoms with Gasteiger partial charge in [-0.05, 0) is 46.0 Å². The topological polar surface area (TPSA) is 42.4 Å². The molecule has 1 aromatic heterocycles. The molecule has 0 bridgehead atoms. The molecule has 3 rings (SSSR count). The quantitative estimate of drug-likeness (QED) is 0.853. The predicted octanol–water partition coefficient (Wildman–Crippen LogP) is 3.43. The summed E-state index contributed by atoms with van der Waals surface area (Å²) in [7, 11) is 0. The normalized spacial score (nSPS) is 25.6. The lowest BCUT2D eigenvalue weighted by Crippen LogP contribution is -2.39. The number of aromatic nitrogens is 1. The molecule has 0 saturated carbocycles. The van der Waals surface area contributed by atoms with Crippen LogP contribution in [0.4, 0.5) is 0 Å². The second kappa shape index (κ2) is 7.09. The van der Waals surface area contributed by atoms with Gasteiger partial charge in [0.1, 0.15) is 0 Å². The molecule has 22 heavy (non-hydrogen) atoms. The van der Waals surface area contributed by atoms with E-state index in [2.05, 4.69) is 18.7 Å². The van der Waals surface area contributed by atoms with Crippen LogP contribution in [0, 0.1) is 13.8 Å². The highest BCUT2D eigenvalue weighted by atomic mass is 32.1. The Kier molecular flexibility index (Phi) is 5.14. The van der Waals surface area contributed by atoms with Crippen LogP contribution in [-0.2, 0) is 9.53 Å². The molecule has 0 unspecified atom stereocenters. The van der Waals surface area contributed by atoms with Crippen LogP contribution in [0.5, 0.6) is 0 Å². The van der Waals surface area contributed by atoms with Crippen molar-refractivity contribution >= 4 is 17.2 Å². The van der Waals surface area contributed by atoms with E-state index in [0.717, 1.165) is 57.5 Å². The van der Waals surface area contributed by atoms with Crippen LogP contribution < -0.4 is 0 Å². The fourth-order valence-electron chi connectivity index (χ4n) is 3.39. The lowest BCUT2D eigenvalue weighted by atomic mass is 9.98. The molecule has 2 saturated heterocycles. The molecule has 0 radical (unpaired) electrons. The average Bonchev–Trinajstić information content (AvgIpc) is 3.16. The molecule has 4 nitrogen and oxygen atoms in total. The van der Waals surface area contributed by atoms with Gasteiger partial charge in [0.05, 0.1) is 16.8 Å². The minimum atomic E-state index is 0.296. The summed E-state index contributed by atoms with van der Waals surface area (Å²) in [4.78, 5) is 20.5. The Morgan fingerprint density at radius 1 is 1.36 bits per heavy atom. The Morgan fingerprint density at radius 2 is 2.23 bits per heavy atom. The van der Waals surface area contributed by atoms with Gasteiger partial charge < -0.3 is 9.64 Å². The molecule has 2 atom stereocenters. The van der Waals surface area contributed by atoms with E-state index in [1.807, 2.05) is 0 Å². The maximum absolute atomic E-state index is 12.5. The Bertz CT molecular complexity index is 503. The molecule has 5 heteroatoms. The van der Waals surface area contributed by atoms with Gasteiger partial charge in [0.15, 0.2) is 0 Å². The second-order valence-corrected chi connectivity index (χ2v) is 7.78. The summed E-state index contributed by atoms with van der Waals surface area (Å²) in [5.41, 5.74) is 1.14. The molecular formula is C17H26N2O2S. The summed E-state index contributed by atoms with van der Waals surface area (Å²) >= 11 is 1.80. The van der Waals surface area contributed by atoms with E-state index in [-0.39, 0.29) is 0 Å². The molecule has 2 aliphatic rings. The van der Waals surface area contributed by atoms with E-state index < -0.39 is 0 Å². The molecule has 0 spiro atoms. The second-order valence-electron chi connectivity index (χ2n) is 6.55. The standard InChI is InChI=1S/C17H26N2O2S/c1-12-13(2)22-17(18-12)14-5-3-9-19(11-14)16(20)8-7-15-6-4-10-21-15/h14-15H,3-11H2,1-2H3/t14-,15-/m0/s1. The van der Waals surface area contributed by atoms with Crippen molar-refractivity contribution in [2.45, 2.75) is 64.4 Å². The van der Waals surface area contributed by atoms with Gasteiger partial charge in [-0.3, -0.25) is 4.79 Å². The fourth-order valence-corrected chi connectivity index (χ4v) is 4.44. The number of rotatable bonds is 4. The van der Waals surface area contributed by atoms with Crippen molar-refractivity contribution < 1.29 is 9.53 Å². The van der Waals surface area contributed by atoms with Crippen LogP contribution >= 0.6 is 11.3 Å². The number of likely N-dealkylation sites (tertiary alicyclic amines) is 1.